The molecular weight excluding hydrogens is 252 g/mol. The van der Waals surface area contributed by atoms with Crippen LogP contribution in [-0.4, -0.2) is 17.1 Å². The van der Waals surface area contributed by atoms with Crippen molar-refractivity contribution in [2.75, 3.05) is 18.2 Å². The summed E-state index contributed by atoms with van der Waals surface area (Å²) in [6.45, 7) is 0.694. The van der Waals surface area contributed by atoms with Crippen LogP contribution in [0.3, 0.4) is 0 Å². The summed E-state index contributed by atoms with van der Waals surface area (Å²) in [5.74, 6) is 1.59. The number of nitrogens with two attached hydrogens (primary N) is 1. The van der Waals surface area contributed by atoms with Gasteiger partial charge in [0.25, 0.3) is 0 Å². The molecule has 3 aromatic rings. The predicted molar refractivity (Wildman–Crippen MR) is 80.8 cm³/mol. The Kier molecular flexibility index (Phi) is 3.16. The molecule has 0 aliphatic heterocycles. The molecule has 5 heteroatoms. The van der Waals surface area contributed by atoms with E-state index in [-0.39, 0.29) is 0 Å². The van der Waals surface area contributed by atoms with Gasteiger partial charge in [-0.15, -0.1) is 0 Å². The third kappa shape index (κ3) is 2.51. The number of aromatic nitrogens is 2. The summed E-state index contributed by atoms with van der Waals surface area (Å²) in [4.78, 5) is 7.66. The summed E-state index contributed by atoms with van der Waals surface area (Å²) < 4.78 is 5.13. The van der Waals surface area contributed by atoms with Crippen LogP contribution in [0.5, 0.6) is 5.75 Å². The fraction of sp³-hybridized carbons (Fsp3) is 0.133. The van der Waals surface area contributed by atoms with Gasteiger partial charge in [-0.05, 0) is 35.9 Å². The number of H-pyrrole nitrogens is 1. The van der Waals surface area contributed by atoms with Gasteiger partial charge in [0.2, 0.25) is 5.95 Å². The fourth-order valence-electron chi connectivity index (χ4n) is 2.04. The highest BCUT2D eigenvalue weighted by molar-refractivity contribution is 5.80. The quantitative estimate of drug-likeness (QED) is 0.636. The van der Waals surface area contributed by atoms with Gasteiger partial charge in [0.05, 0.1) is 18.1 Å². The van der Waals surface area contributed by atoms with Crippen molar-refractivity contribution < 1.29 is 4.74 Å². The number of imidazole rings is 1. The molecular formula is C15H16N4O. The van der Waals surface area contributed by atoms with Gasteiger partial charge < -0.3 is 20.8 Å². The molecule has 0 fully saturated rings. The summed E-state index contributed by atoms with van der Waals surface area (Å²) >= 11 is 0. The molecule has 0 aliphatic carbocycles. The second-order valence-electron chi connectivity index (χ2n) is 4.56. The highest BCUT2D eigenvalue weighted by Gasteiger charge is 2.02. The Labute approximate surface area is 116 Å². The van der Waals surface area contributed by atoms with E-state index in [1.807, 2.05) is 42.5 Å². The van der Waals surface area contributed by atoms with Gasteiger partial charge in [0, 0.05) is 12.2 Å². The summed E-state index contributed by atoms with van der Waals surface area (Å²) in [6.07, 6.45) is 0. The highest BCUT2D eigenvalue weighted by atomic mass is 16.5. The Balaban J connectivity index is 1.72. The standard InChI is InChI=1S/C15H16N4O/c1-20-12-5-2-10(3-6-12)9-17-15-18-13-7-4-11(16)8-14(13)19-15/h2-8H,9,16H2,1H3,(H2,17,18,19). The lowest BCUT2D eigenvalue weighted by Gasteiger charge is -2.04. The normalized spacial score (nSPS) is 10.7. The lowest BCUT2D eigenvalue weighted by atomic mass is 10.2. The van der Waals surface area contributed by atoms with E-state index in [0.29, 0.717) is 6.54 Å². The summed E-state index contributed by atoms with van der Waals surface area (Å²) in [5.41, 5.74) is 9.46. The molecule has 0 unspecified atom stereocenters. The average molecular weight is 268 g/mol. The third-order valence-electron chi connectivity index (χ3n) is 3.12. The lowest BCUT2D eigenvalue weighted by Crippen LogP contribution is -2.00. The first-order valence-corrected chi connectivity index (χ1v) is 6.36. The average Bonchev–Trinajstić information content (AvgIpc) is 2.87. The Morgan fingerprint density at radius 1 is 1.20 bits per heavy atom. The molecule has 0 aliphatic rings. The van der Waals surface area contributed by atoms with Crippen molar-refractivity contribution in [3.8, 4) is 5.75 Å². The molecule has 102 valence electrons. The minimum absolute atomic E-state index is 0.694. The van der Waals surface area contributed by atoms with Gasteiger partial charge in [-0.2, -0.15) is 0 Å². The molecule has 3 rings (SSSR count). The van der Waals surface area contributed by atoms with E-state index in [0.717, 1.165) is 34.0 Å². The van der Waals surface area contributed by atoms with E-state index in [1.165, 1.54) is 0 Å². The molecule has 0 saturated heterocycles. The monoisotopic (exact) mass is 268 g/mol. The maximum absolute atomic E-state index is 5.75. The number of nitrogens with one attached hydrogen (secondary N) is 2. The van der Waals surface area contributed by atoms with E-state index in [9.17, 15) is 0 Å². The van der Waals surface area contributed by atoms with Crippen LogP contribution >= 0.6 is 0 Å². The SMILES string of the molecule is COc1ccc(CNc2nc3ccc(N)cc3[nH]2)cc1. The summed E-state index contributed by atoms with van der Waals surface area (Å²) in [5, 5.41) is 3.26. The predicted octanol–water partition coefficient (Wildman–Crippen LogP) is 2.77. The van der Waals surface area contributed by atoms with Crippen molar-refractivity contribution in [2.45, 2.75) is 6.54 Å². The van der Waals surface area contributed by atoms with Gasteiger partial charge in [-0.3, -0.25) is 0 Å². The van der Waals surface area contributed by atoms with E-state index in [2.05, 4.69) is 15.3 Å². The number of rotatable bonds is 4. The van der Waals surface area contributed by atoms with Crippen LogP contribution in [-0.2, 0) is 6.54 Å². The zero-order chi connectivity index (χ0) is 13.9. The second-order valence-corrected chi connectivity index (χ2v) is 4.56. The molecule has 1 aromatic heterocycles. The summed E-state index contributed by atoms with van der Waals surface area (Å²) in [7, 11) is 1.66. The van der Waals surface area contributed by atoms with Gasteiger partial charge in [0.15, 0.2) is 0 Å². The van der Waals surface area contributed by atoms with Crippen LogP contribution in [0.2, 0.25) is 0 Å². The van der Waals surface area contributed by atoms with Crippen molar-refractivity contribution >= 4 is 22.7 Å². The van der Waals surface area contributed by atoms with Crippen molar-refractivity contribution in [3.05, 3.63) is 48.0 Å². The van der Waals surface area contributed by atoms with Crippen LogP contribution < -0.4 is 15.8 Å². The van der Waals surface area contributed by atoms with Crippen molar-refractivity contribution in [3.63, 3.8) is 0 Å². The molecule has 1 heterocycles. The molecule has 0 spiro atoms. The zero-order valence-electron chi connectivity index (χ0n) is 11.2. The molecule has 0 atom stereocenters. The van der Waals surface area contributed by atoms with E-state index >= 15 is 0 Å². The fourth-order valence-corrected chi connectivity index (χ4v) is 2.04. The van der Waals surface area contributed by atoms with Crippen LogP contribution in [0.4, 0.5) is 11.6 Å². The number of hydrogen-bond acceptors (Lipinski definition) is 4. The van der Waals surface area contributed by atoms with Gasteiger partial charge in [0.1, 0.15) is 5.75 Å². The van der Waals surface area contributed by atoms with E-state index < -0.39 is 0 Å². The maximum atomic E-state index is 5.75. The van der Waals surface area contributed by atoms with Crippen LogP contribution in [0.25, 0.3) is 11.0 Å². The van der Waals surface area contributed by atoms with Crippen LogP contribution in [0, 0.1) is 0 Å². The minimum Gasteiger partial charge on any atom is -0.497 e. The number of nitrogens with zero attached hydrogens (tertiary/aromatic N) is 1. The van der Waals surface area contributed by atoms with Crippen molar-refractivity contribution in [1.82, 2.24) is 9.97 Å². The van der Waals surface area contributed by atoms with Gasteiger partial charge >= 0.3 is 0 Å². The number of methoxy groups -OCH3 is 1. The molecule has 2 aromatic carbocycles. The summed E-state index contributed by atoms with van der Waals surface area (Å²) in [6, 6.07) is 13.5. The molecule has 0 saturated carbocycles. The molecule has 0 radical (unpaired) electrons. The Morgan fingerprint density at radius 3 is 2.75 bits per heavy atom. The first kappa shape index (κ1) is 12.3. The van der Waals surface area contributed by atoms with Crippen LogP contribution in [0.15, 0.2) is 42.5 Å². The smallest absolute Gasteiger partial charge is 0.201 e. The van der Waals surface area contributed by atoms with Gasteiger partial charge in [-0.25, -0.2) is 4.98 Å². The first-order chi connectivity index (χ1) is 9.74. The number of ether oxygens (including phenoxy) is 1. The number of anilines is 2. The Bertz CT molecular complexity index is 718. The number of nitrogen functional groups attached to an aromatic ring is 1. The first-order valence-electron chi connectivity index (χ1n) is 6.36. The molecule has 4 N–H and O–H groups in total. The third-order valence-corrected chi connectivity index (χ3v) is 3.12. The second kappa shape index (κ2) is 5.13. The van der Waals surface area contributed by atoms with E-state index in [4.69, 9.17) is 10.5 Å². The lowest BCUT2D eigenvalue weighted by molar-refractivity contribution is 0.414. The topological polar surface area (TPSA) is 76.0 Å². The van der Waals surface area contributed by atoms with Crippen LogP contribution in [0.1, 0.15) is 5.56 Å². The zero-order valence-corrected chi connectivity index (χ0v) is 11.2. The number of aromatic amines is 1. The Morgan fingerprint density at radius 2 is 2.00 bits per heavy atom. The van der Waals surface area contributed by atoms with Crippen molar-refractivity contribution in [2.24, 2.45) is 0 Å². The molecule has 20 heavy (non-hydrogen) atoms. The van der Waals surface area contributed by atoms with E-state index in [1.54, 1.807) is 7.11 Å². The van der Waals surface area contributed by atoms with Gasteiger partial charge in [-0.1, -0.05) is 12.1 Å². The Hall–Kier alpha value is -2.69. The largest absolute Gasteiger partial charge is 0.497 e. The molecule has 5 nitrogen and oxygen atoms in total. The number of fused-ring (bicyclic) bond motifs is 1. The number of benzene rings is 2. The minimum atomic E-state index is 0.694. The molecule has 0 bridgehead atoms. The maximum Gasteiger partial charge on any atom is 0.201 e. The molecule has 0 amide bonds. The number of hydrogen-bond donors (Lipinski definition) is 3. The highest BCUT2D eigenvalue weighted by Crippen LogP contribution is 2.18. The van der Waals surface area contributed by atoms with Crippen molar-refractivity contribution in [1.29, 1.82) is 0 Å².